The SMILES string of the molecule is CCNC(Cc1ccc(C)cc1)C(C)(CC)N1CCCC1. The highest BCUT2D eigenvalue weighted by Gasteiger charge is 2.38. The van der Waals surface area contributed by atoms with Gasteiger partial charge in [-0.25, -0.2) is 0 Å². The Morgan fingerprint density at radius 1 is 1.14 bits per heavy atom. The second kappa shape index (κ2) is 7.42. The highest BCUT2D eigenvalue weighted by molar-refractivity contribution is 5.23. The summed E-state index contributed by atoms with van der Waals surface area (Å²) in [5.74, 6) is 0. The van der Waals surface area contributed by atoms with Gasteiger partial charge in [0.1, 0.15) is 0 Å². The lowest BCUT2D eigenvalue weighted by atomic mass is 9.83. The first-order valence-electron chi connectivity index (χ1n) is 8.64. The molecule has 0 bridgehead atoms. The van der Waals surface area contributed by atoms with Crippen LogP contribution in [0.2, 0.25) is 0 Å². The summed E-state index contributed by atoms with van der Waals surface area (Å²) in [5.41, 5.74) is 3.05. The number of benzene rings is 1. The van der Waals surface area contributed by atoms with Crippen LogP contribution >= 0.6 is 0 Å². The van der Waals surface area contributed by atoms with Crippen molar-refractivity contribution >= 4 is 0 Å². The molecule has 118 valence electrons. The van der Waals surface area contributed by atoms with Crippen molar-refractivity contribution in [1.29, 1.82) is 0 Å². The van der Waals surface area contributed by atoms with Gasteiger partial charge in [-0.05, 0) is 64.7 Å². The molecule has 0 aromatic heterocycles. The fraction of sp³-hybridized carbons (Fsp3) is 0.684. The first kappa shape index (κ1) is 16.5. The lowest BCUT2D eigenvalue weighted by molar-refractivity contribution is 0.0847. The second-order valence-electron chi connectivity index (χ2n) is 6.70. The Kier molecular flexibility index (Phi) is 5.83. The molecule has 2 nitrogen and oxygen atoms in total. The maximum absolute atomic E-state index is 3.77. The van der Waals surface area contributed by atoms with E-state index in [0.717, 1.165) is 13.0 Å². The molecule has 0 radical (unpaired) electrons. The predicted octanol–water partition coefficient (Wildman–Crippen LogP) is 3.78. The summed E-state index contributed by atoms with van der Waals surface area (Å²) in [7, 11) is 0. The van der Waals surface area contributed by atoms with Gasteiger partial charge in [-0.1, -0.05) is 43.7 Å². The molecule has 1 aromatic carbocycles. The molecule has 1 aliphatic rings. The quantitative estimate of drug-likeness (QED) is 0.821. The summed E-state index contributed by atoms with van der Waals surface area (Å²) < 4.78 is 0. The van der Waals surface area contributed by atoms with E-state index < -0.39 is 0 Å². The molecule has 1 aromatic rings. The van der Waals surface area contributed by atoms with Gasteiger partial charge in [0.2, 0.25) is 0 Å². The van der Waals surface area contributed by atoms with E-state index in [2.05, 4.69) is 62.2 Å². The third-order valence-electron chi connectivity index (χ3n) is 5.31. The lowest BCUT2D eigenvalue weighted by Gasteiger charge is -2.45. The van der Waals surface area contributed by atoms with Crippen molar-refractivity contribution in [2.75, 3.05) is 19.6 Å². The van der Waals surface area contributed by atoms with Crippen LogP contribution in [0.15, 0.2) is 24.3 Å². The van der Waals surface area contributed by atoms with E-state index in [1.807, 2.05) is 0 Å². The van der Waals surface area contributed by atoms with Gasteiger partial charge in [-0.3, -0.25) is 4.90 Å². The minimum Gasteiger partial charge on any atom is -0.312 e. The van der Waals surface area contributed by atoms with Gasteiger partial charge in [0.25, 0.3) is 0 Å². The number of hydrogen-bond donors (Lipinski definition) is 1. The number of likely N-dealkylation sites (tertiary alicyclic amines) is 1. The molecule has 1 saturated heterocycles. The molecule has 0 amide bonds. The molecule has 1 N–H and O–H groups in total. The molecule has 1 fully saturated rings. The molecule has 0 spiro atoms. The Bertz CT molecular complexity index is 420. The van der Waals surface area contributed by atoms with Crippen LogP contribution in [0.25, 0.3) is 0 Å². The lowest BCUT2D eigenvalue weighted by Crippen LogP contribution is -2.59. The van der Waals surface area contributed by atoms with Gasteiger partial charge >= 0.3 is 0 Å². The van der Waals surface area contributed by atoms with Gasteiger partial charge in [0.05, 0.1) is 0 Å². The molecular weight excluding hydrogens is 256 g/mol. The molecular formula is C19H32N2. The standard InChI is InChI=1S/C19H32N2/c1-5-19(4,21-13-7-8-14-21)18(20-6-2)15-17-11-9-16(3)10-12-17/h9-12,18,20H,5-8,13-15H2,1-4H3. The van der Waals surface area contributed by atoms with Crippen LogP contribution in [0, 0.1) is 6.92 Å². The van der Waals surface area contributed by atoms with Crippen molar-refractivity contribution in [3.8, 4) is 0 Å². The van der Waals surface area contributed by atoms with Gasteiger partial charge < -0.3 is 5.32 Å². The van der Waals surface area contributed by atoms with Crippen molar-refractivity contribution in [2.24, 2.45) is 0 Å². The smallest absolute Gasteiger partial charge is 0.0334 e. The monoisotopic (exact) mass is 288 g/mol. The molecule has 21 heavy (non-hydrogen) atoms. The van der Waals surface area contributed by atoms with Crippen LogP contribution in [0.5, 0.6) is 0 Å². The Balaban J connectivity index is 2.17. The zero-order valence-electron chi connectivity index (χ0n) is 14.3. The highest BCUT2D eigenvalue weighted by atomic mass is 15.2. The van der Waals surface area contributed by atoms with Gasteiger partial charge in [0, 0.05) is 11.6 Å². The van der Waals surface area contributed by atoms with E-state index in [1.54, 1.807) is 0 Å². The normalized spacial score (nSPS) is 20.4. The largest absolute Gasteiger partial charge is 0.312 e. The zero-order chi connectivity index (χ0) is 15.3. The van der Waals surface area contributed by atoms with E-state index in [-0.39, 0.29) is 5.54 Å². The summed E-state index contributed by atoms with van der Waals surface area (Å²) in [5, 5.41) is 3.77. The van der Waals surface area contributed by atoms with Crippen LogP contribution in [0.1, 0.15) is 51.2 Å². The van der Waals surface area contributed by atoms with Crippen molar-refractivity contribution in [3.05, 3.63) is 35.4 Å². The fourth-order valence-electron chi connectivity index (χ4n) is 3.64. The molecule has 2 atom stereocenters. The van der Waals surface area contributed by atoms with Crippen molar-refractivity contribution < 1.29 is 0 Å². The van der Waals surface area contributed by atoms with E-state index in [0.29, 0.717) is 6.04 Å². The minimum atomic E-state index is 0.261. The molecule has 1 aliphatic heterocycles. The number of aryl methyl sites for hydroxylation is 1. The van der Waals surface area contributed by atoms with Crippen molar-refractivity contribution in [1.82, 2.24) is 10.2 Å². The number of nitrogens with one attached hydrogen (secondary N) is 1. The van der Waals surface area contributed by atoms with E-state index >= 15 is 0 Å². The average molecular weight is 288 g/mol. The summed E-state index contributed by atoms with van der Waals surface area (Å²) in [6, 6.07) is 9.57. The molecule has 2 heteroatoms. The van der Waals surface area contributed by atoms with Crippen LogP contribution in [0.3, 0.4) is 0 Å². The predicted molar refractivity (Wildman–Crippen MR) is 91.9 cm³/mol. The number of hydrogen-bond acceptors (Lipinski definition) is 2. The second-order valence-corrected chi connectivity index (χ2v) is 6.70. The summed E-state index contributed by atoms with van der Waals surface area (Å²) >= 11 is 0. The number of nitrogens with zero attached hydrogens (tertiary/aromatic N) is 1. The summed E-state index contributed by atoms with van der Waals surface area (Å²) in [6.07, 6.45) is 5.05. The number of rotatable bonds is 7. The van der Waals surface area contributed by atoms with Gasteiger partial charge in [0.15, 0.2) is 0 Å². The Hall–Kier alpha value is -0.860. The molecule has 1 heterocycles. The first-order valence-corrected chi connectivity index (χ1v) is 8.64. The Morgan fingerprint density at radius 2 is 1.76 bits per heavy atom. The topological polar surface area (TPSA) is 15.3 Å². The van der Waals surface area contributed by atoms with Gasteiger partial charge in [-0.15, -0.1) is 0 Å². The first-order chi connectivity index (χ1) is 10.1. The van der Waals surface area contributed by atoms with Crippen molar-refractivity contribution in [3.63, 3.8) is 0 Å². The number of likely N-dealkylation sites (N-methyl/N-ethyl adjacent to an activating group) is 1. The van der Waals surface area contributed by atoms with Crippen LogP contribution in [-0.4, -0.2) is 36.1 Å². The van der Waals surface area contributed by atoms with Crippen molar-refractivity contribution in [2.45, 2.75) is 65.0 Å². The third-order valence-corrected chi connectivity index (χ3v) is 5.31. The molecule has 0 saturated carbocycles. The van der Waals surface area contributed by atoms with Crippen LogP contribution in [-0.2, 0) is 6.42 Å². The third kappa shape index (κ3) is 3.87. The highest BCUT2D eigenvalue weighted by Crippen LogP contribution is 2.29. The average Bonchev–Trinajstić information content (AvgIpc) is 3.03. The molecule has 2 unspecified atom stereocenters. The fourth-order valence-corrected chi connectivity index (χ4v) is 3.64. The van der Waals surface area contributed by atoms with E-state index in [1.165, 1.54) is 43.5 Å². The summed E-state index contributed by atoms with van der Waals surface area (Å²) in [4.78, 5) is 2.72. The van der Waals surface area contributed by atoms with Gasteiger partial charge in [-0.2, -0.15) is 0 Å². The minimum absolute atomic E-state index is 0.261. The molecule has 0 aliphatic carbocycles. The van der Waals surface area contributed by atoms with Crippen LogP contribution in [0.4, 0.5) is 0 Å². The maximum atomic E-state index is 3.77. The van der Waals surface area contributed by atoms with Crippen LogP contribution < -0.4 is 5.32 Å². The molecule has 2 rings (SSSR count). The Labute approximate surface area is 130 Å². The Morgan fingerprint density at radius 3 is 2.29 bits per heavy atom. The van der Waals surface area contributed by atoms with E-state index in [4.69, 9.17) is 0 Å². The van der Waals surface area contributed by atoms with E-state index in [9.17, 15) is 0 Å². The maximum Gasteiger partial charge on any atom is 0.0334 e. The summed E-state index contributed by atoms with van der Waals surface area (Å²) in [6.45, 7) is 12.8. The zero-order valence-corrected chi connectivity index (χ0v) is 14.3.